The molecule has 2 nitrogen and oxygen atoms in total. The Bertz CT molecular complexity index is 327. The number of benzene rings is 1. The standard InChI is InChI=1S/C10H12ClNO/c1-6-10(12)9-4-8(11)3-2-7(9)5-13-6/h2-4,6,10H,5,12H2,1H3/t6-,10+/m1/s1. The van der Waals surface area contributed by atoms with E-state index in [0.717, 1.165) is 16.1 Å². The van der Waals surface area contributed by atoms with E-state index < -0.39 is 0 Å². The fraction of sp³-hybridized carbons (Fsp3) is 0.400. The highest BCUT2D eigenvalue weighted by atomic mass is 35.5. The molecule has 1 heterocycles. The van der Waals surface area contributed by atoms with Crippen molar-refractivity contribution in [2.24, 2.45) is 5.73 Å². The first-order valence-electron chi connectivity index (χ1n) is 4.34. The molecule has 0 radical (unpaired) electrons. The summed E-state index contributed by atoms with van der Waals surface area (Å²) in [5.74, 6) is 0. The minimum absolute atomic E-state index is 0.0533. The smallest absolute Gasteiger partial charge is 0.0744 e. The Balaban J connectivity index is 2.45. The van der Waals surface area contributed by atoms with Crippen LogP contribution in [0.15, 0.2) is 18.2 Å². The van der Waals surface area contributed by atoms with Crippen molar-refractivity contribution in [2.75, 3.05) is 0 Å². The van der Waals surface area contributed by atoms with Crippen molar-refractivity contribution < 1.29 is 4.74 Å². The van der Waals surface area contributed by atoms with Gasteiger partial charge in [-0.25, -0.2) is 0 Å². The molecule has 2 atom stereocenters. The molecule has 0 saturated heterocycles. The van der Waals surface area contributed by atoms with Gasteiger partial charge in [-0.05, 0) is 30.2 Å². The van der Waals surface area contributed by atoms with Crippen LogP contribution in [0.3, 0.4) is 0 Å². The van der Waals surface area contributed by atoms with E-state index in [1.165, 1.54) is 0 Å². The fourth-order valence-corrected chi connectivity index (χ4v) is 1.77. The van der Waals surface area contributed by atoms with Crippen LogP contribution in [0, 0.1) is 0 Å². The minimum Gasteiger partial charge on any atom is -0.372 e. The SMILES string of the molecule is C[C@H]1OCc2ccc(Cl)cc2[C@H]1N. The van der Waals surface area contributed by atoms with E-state index in [2.05, 4.69) is 0 Å². The van der Waals surface area contributed by atoms with Gasteiger partial charge < -0.3 is 10.5 Å². The lowest BCUT2D eigenvalue weighted by atomic mass is 9.95. The van der Waals surface area contributed by atoms with E-state index in [4.69, 9.17) is 22.1 Å². The Labute approximate surface area is 82.6 Å². The summed E-state index contributed by atoms with van der Waals surface area (Å²) in [4.78, 5) is 0. The van der Waals surface area contributed by atoms with Crippen molar-refractivity contribution in [1.82, 2.24) is 0 Å². The molecule has 0 unspecified atom stereocenters. The molecule has 13 heavy (non-hydrogen) atoms. The Hall–Kier alpha value is -0.570. The van der Waals surface area contributed by atoms with Crippen LogP contribution in [-0.2, 0) is 11.3 Å². The highest BCUT2D eigenvalue weighted by Gasteiger charge is 2.23. The van der Waals surface area contributed by atoms with Crippen molar-refractivity contribution in [3.63, 3.8) is 0 Å². The molecule has 1 aromatic carbocycles. The van der Waals surface area contributed by atoms with Crippen LogP contribution >= 0.6 is 11.6 Å². The molecule has 0 aromatic heterocycles. The quantitative estimate of drug-likeness (QED) is 0.693. The molecule has 3 heteroatoms. The highest BCUT2D eigenvalue weighted by molar-refractivity contribution is 6.30. The zero-order valence-corrected chi connectivity index (χ0v) is 8.21. The summed E-state index contributed by atoms with van der Waals surface area (Å²) < 4.78 is 5.49. The van der Waals surface area contributed by atoms with Crippen LogP contribution in [0.25, 0.3) is 0 Å². The lowest BCUT2D eigenvalue weighted by molar-refractivity contribution is 0.0214. The van der Waals surface area contributed by atoms with Gasteiger partial charge >= 0.3 is 0 Å². The van der Waals surface area contributed by atoms with Crippen molar-refractivity contribution >= 4 is 11.6 Å². The summed E-state index contributed by atoms with van der Waals surface area (Å²) in [6.07, 6.45) is 0.0750. The zero-order valence-electron chi connectivity index (χ0n) is 7.46. The number of nitrogens with two attached hydrogens (primary N) is 1. The van der Waals surface area contributed by atoms with Crippen LogP contribution in [0.1, 0.15) is 24.1 Å². The number of ether oxygens (including phenoxy) is 1. The number of fused-ring (bicyclic) bond motifs is 1. The summed E-state index contributed by atoms with van der Waals surface area (Å²) in [5.41, 5.74) is 8.24. The second-order valence-electron chi connectivity index (χ2n) is 3.39. The number of rotatable bonds is 0. The normalized spacial score (nSPS) is 27.0. The molecule has 0 amide bonds. The Morgan fingerprint density at radius 1 is 1.54 bits per heavy atom. The average molecular weight is 198 g/mol. The van der Waals surface area contributed by atoms with Gasteiger partial charge in [0.1, 0.15) is 0 Å². The third-order valence-corrected chi connectivity index (χ3v) is 2.71. The molecule has 0 aliphatic carbocycles. The molecule has 0 saturated carbocycles. The third kappa shape index (κ3) is 1.57. The molecule has 1 aliphatic heterocycles. The Kier molecular flexibility index (Phi) is 2.28. The number of hydrogen-bond donors (Lipinski definition) is 1. The molecule has 0 bridgehead atoms. The summed E-state index contributed by atoms with van der Waals surface area (Å²) in [5, 5.41) is 0.739. The predicted molar refractivity (Wildman–Crippen MR) is 52.6 cm³/mol. The van der Waals surface area contributed by atoms with Crippen LogP contribution < -0.4 is 5.73 Å². The number of hydrogen-bond acceptors (Lipinski definition) is 2. The van der Waals surface area contributed by atoms with Gasteiger partial charge in [0, 0.05) is 5.02 Å². The van der Waals surface area contributed by atoms with Crippen LogP contribution in [-0.4, -0.2) is 6.10 Å². The molecule has 2 N–H and O–H groups in total. The van der Waals surface area contributed by atoms with E-state index in [0.29, 0.717) is 6.61 Å². The van der Waals surface area contributed by atoms with E-state index >= 15 is 0 Å². The minimum atomic E-state index is -0.0533. The second kappa shape index (κ2) is 3.29. The maximum absolute atomic E-state index is 5.98. The molecular formula is C10H12ClNO. The predicted octanol–water partition coefficient (Wildman–Crippen LogP) is 2.26. The van der Waals surface area contributed by atoms with Gasteiger partial charge in [0.25, 0.3) is 0 Å². The molecule has 2 rings (SSSR count). The maximum atomic E-state index is 5.98. The van der Waals surface area contributed by atoms with Gasteiger partial charge in [0.05, 0.1) is 18.8 Å². The van der Waals surface area contributed by atoms with Gasteiger partial charge in [0.2, 0.25) is 0 Å². The molecule has 70 valence electrons. The topological polar surface area (TPSA) is 35.2 Å². The highest BCUT2D eigenvalue weighted by Crippen LogP contribution is 2.29. The van der Waals surface area contributed by atoms with Gasteiger partial charge in [-0.2, -0.15) is 0 Å². The lowest BCUT2D eigenvalue weighted by Gasteiger charge is -2.28. The van der Waals surface area contributed by atoms with E-state index in [9.17, 15) is 0 Å². The van der Waals surface area contributed by atoms with Gasteiger partial charge in [-0.1, -0.05) is 17.7 Å². The zero-order chi connectivity index (χ0) is 9.42. The van der Waals surface area contributed by atoms with E-state index in [-0.39, 0.29) is 12.1 Å². The lowest BCUT2D eigenvalue weighted by Crippen LogP contribution is -2.31. The first-order chi connectivity index (χ1) is 6.18. The first-order valence-corrected chi connectivity index (χ1v) is 4.72. The molecule has 1 aromatic rings. The van der Waals surface area contributed by atoms with Crippen LogP contribution in [0.5, 0.6) is 0 Å². The van der Waals surface area contributed by atoms with E-state index in [1.807, 2.05) is 25.1 Å². The first kappa shape index (κ1) is 9.00. The average Bonchev–Trinajstić information content (AvgIpc) is 2.12. The van der Waals surface area contributed by atoms with Gasteiger partial charge in [0.15, 0.2) is 0 Å². The Morgan fingerprint density at radius 2 is 2.31 bits per heavy atom. The largest absolute Gasteiger partial charge is 0.372 e. The fourth-order valence-electron chi connectivity index (χ4n) is 1.59. The van der Waals surface area contributed by atoms with Crippen LogP contribution in [0.2, 0.25) is 5.02 Å². The van der Waals surface area contributed by atoms with Crippen molar-refractivity contribution in [3.05, 3.63) is 34.3 Å². The van der Waals surface area contributed by atoms with Crippen molar-refractivity contribution in [1.29, 1.82) is 0 Å². The Morgan fingerprint density at radius 3 is 3.08 bits per heavy atom. The summed E-state index contributed by atoms with van der Waals surface area (Å²) in [6.45, 7) is 2.62. The van der Waals surface area contributed by atoms with Gasteiger partial charge in [-0.3, -0.25) is 0 Å². The third-order valence-electron chi connectivity index (χ3n) is 2.47. The molecule has 0 spiro atoms. The van der Waals surface area contributed by atoms with Gasteiger partial charge in [-0.15, -0.1) is 0 Å². The second-order valence-corrected chi connectivity index (χ2v) is 3.82. The number of halogens is 1. The maximum Gasteiger partial charge on any atom is 0.0744 e. The molecule has 1 aliphatic rings. The monoisotopic (exact) mass is 197 g/mol. The summed E-state index contributed by atoms with van der Waals surface area (Å²) in [7, 11) is 0. The molecular weight excluding hydrogens is 186 g/mol. The van der Waals surface area contributed by atoms with Crippen molar-refractivity contribution in [2.45, 2.75) is 25.7 Å². The summed E-state index contributed by atoms with van der Waals surface area (Å²) >= 11 is 5.89. The van der Waals surface area contributed by atoms with Crippen molar-refractivity contribution in [3.8, 4) is 0 Å². The van der Waals surface area contributed by atoms with E-state index in [1.54, 1.807) is 0 Å². The van der Waals surface area contributed by atoms with Crippen LogP contribution in [0.4, 0.5) is 0 Å². The summed E-state index contributed by atoms with van der Waals surface area (Å²) in [6, 6.07) is 5.72. The molecule has 0 fully saturated rings.